The van der Waals surface area contributed by atoms with E-state index in [9.17, 15) is 4.79 Å². The molecule has 0 aliphatic carbocycles. The van der Waals surface area contributed by atoms with E-state index < -0.39 is 0 Å². The summed E-state index contributed by atoms with van der Waals surface area (Å²) < 4.78 is 0. The molecule has 9 heavy (non-hydrogen) atoms. The number of carbonyl (C=O) groups is 1. The number of aldehydes is 1. The largest absolute Gasteiger partial charge is 0.303 e. The molecule has 0 N–H and O–H groups in total. The van der Waals surface area contributed by atoms with Gasteiger partial charge >= 0.3 is 0 Å². The van der Waals surface area contributed by atoms with E-state index >= 15 is 0 Å². The molecule has 1 nitrogen and oxygen atoms in total. The highest BCUT2D eigenvalue weighted by Crippen LogP contribution is 2.09. The van der Waals surface area contributed by atoms with Gasteiger partial charge in [-0.05, 0) is 19.8 Å². The lowest BCUT2D eigenvalue weighted by molar-refractivity contribution is -0.111. The molecule has 0 bridgehead atoms. The van der Waals surface area contributed by atoms with Crippen molar-refractivity contribution in [2.24, 2.45) is 5.92 Å². The van der Waals surface area contributed by atoms with Crippen molar-refractivity contribution in [3.05, 3.63) is 12.2 Å². The fourth-order valence-corrected chi connectivity index (χ4v) is 0.736. The molecular formula is C8H14O. The molecule has 0 aliphatic rings. The highest BCUT2D eigenvalue weighted by Gasteiger charge is 2.02. The number of hydrogen-bond acceptors (Lipinski definition) is 1. The van der Waals surface area contributed by atoms with Crippen LogP contribution in [-0.2, 0) is 4.79 Å². The maximum atomic E-state index is 10.2. The predicted octanol–water partition coefficient (Wildman–Crippen LogP) is 2.18. The Labute approximate surface area is 56.8 Å². The lowest BCUT2D eigenvalue weighted by Gasteiger charge is -2.04. The van der Waals surface area contributed by atoms with Gasteiger partial charge in [-0.25, -0.2) is 0 Å². The molecule has 0 aromatic rings. The molecule has 0 aliphatic heterocycles. The first kappa shape index (κ1) is 8.41. The molecule has 0 rings (SSSR count). The van der Waals surface area contributed by atoms with E-state index in [4.69, 9.17) is 0 Å². The smallest absolute Gasteiger partial charge is 0.123 e. The molecule has 0 amide bonds. The zero-order valence-electron chi connectivity index (χ0n) is 6.18. The second kappa shape index (κ2) is 4.30. The number of allylic oxidation sites excluding steroid dienone is 1. The minimum atomic E-state index is 0.197. The molecular weight excluding hydrogens is 112 g/mol. The van der Waals surface area contributed by atoms with E-state index in [1.807, 2.05) is 13.8 Å². The molecule has 0 spiro atoms. The van der Waals surface area contributed by atoms with Crippen LogP contribution in [0.2, 0.25) is 0 Å². The van der Waals surface area contributed by atoms with Crippen molar-refractivity contribution in [1.82, 2.24) is 0 Å². The van der Waals surface area contributed by atoms with Gasteiger partial charge in [0.15, 0.2) is 0 Å². The molecule has 0 heterocycles. The van der Waals surface area contributed by atoms with Gasteiger partial charge in [-0.15, -0.1) is 6.58 Å². The Kier molecular flexibility index (Phi) is 4.02. The minimum Gasteiger partial charge on any atom is -0.303 e. The molecule has 1 atom stereocenters. The Hall–Kier alpha value is -0.590. The topological polar surface area (TPSA) is 17.1 Å². The maximum absolute atomic E-state index is 10.2. The highest BCUT2D eigenvalue weighted by atomic mass is 16.1. The van der Waals surface area contributed by atoms with Crippen LogP contribution in [0.15, 0.2) is 12.2 Å². The van der Waals surface area contributed by atoms with Crippen molar-refractivity contribution in [3.63, 3.8) is 0 Å². The first-order valence-electron chi connectivity index (χ1n) is 3.30. The molecule has 1 unspecified atom stereocenters. The van der Waals surface area contributed by atoms with Crippen LogP contribution in [0.4, 0.5) is 0 Å². The Morgan fingerprint density at radius 3 is 2.44 bits per heavy atom. The van der Waals surface area contributed by atoms with Gasteiger partial charge in [0.25, 0.3) is 0 Å². The standard InChI is InChI=1S/C8H14O/c1-4-8(6-9)5-7(2)3/h6,8H,2,4-5H2,1,3H3. The summed E-state index contributed by atoms with van der Waals surface area (Å²) in [5.41, 5.74) is 1.09. The van der Waals surface area contributed by atoms with Gasteiger partial charge in [0.05, 0.1) is 0 Å². The number of hydrogen-bond donors (Lipinski definition) is 0. The van der Waals surface area contributed by atoms with E-state index in [0.717, 1.165) is 24.7 Å². The first-order valence-corrected chi connectivity index (χ1v) is 3.30. The molecule has 0 saturated heterocycles. The van der Waals surface area contributed by atoms with Gasteiger partial charge in [0.2, 0.25) is 0 Å². The fraction of sp³-hybridized carbons (Fsp3) is 0.625. The normalized spacial score (nSPS) is 12.7. The summed E-state index contributed by atoms with van der Waals surface area (Å²) in [6.07, 6.45) is 2.78. The van der Waals surface area contributed by atoms with Gasteiger partial charge in [0.1, 0.15) is 6.29 Å². The van der Waals surface area contributed by atoms with Crippen molar-refractivity contribution in [2.75, 3.05) is 0 Å². The van der Waals surface area contributed by atoms with Crippen LogP contribution < -0.4 is 0 Å². The van der Waals surface area contributed by atoms with Gasteiger partial charge in [-0.2, -0.15) is 0 Å². The van der Waals surface area contributed by atoms with Crippen LogP contribution in [0.25, 0.3) is 0 Å². The van der Waals surface area contributed by atoms with Crippen molar-refractivity contribution in [2.45, 2.75) is 26.7 Å². The molecule has 1 heteroatoms. The second-order valence-electron chi connectivity index (χ2n) is 2.47. The summed E-state index contributed by atoms with van der Waals surface area (Å²) in [6, 6.07) is 0. The summed E-state index contributed by atoms with van der Waals surface area (Å²) in [5.74, 6) is 0.197. The van der Waals surface area contributed by atoms with Crippen LogP contribution in [0.3, 0.4) is 0 Å². The summed E-state index contributed by atoms with van der Waals surface area (Å²) in [6.45, 7) is 7.70. The summed E-state index contributed by atoms with van der Waals surface area (Å²) in [4.78, 5) is 10.2. The average Bonchev–Trinajstić information content (AvgIpc) is 1.82. The Balaban J connectivity index is 3.55. The van der Waals surface area contributed by atoms with Gasteiger partial charge in [-0.3, -0.25) is 0 Å². The van der Waals surface area contributed by atoms with Gasteiger partial charge < -0.3 is 4.79 Å². The summed E-state index contributed by atoms with van der Waals surface area (Å²) >= 11 is 0. The average molecular weight is 126 g/mol. The van der Waals surface area contributed by atoms with E-state index in [-0.39, 0.29) is 5.92 Å². The monoisotopic (exact) mass is 126 g/mol. The van der Waals surface area contributed by atoms with Gasteiger partial charge in [0, 0.05) is 5.92 Å². The lowest BCUT2D eigenvalue weighted by atomic mass is 10.0. The molecule has 0 saturated carbocycles. The van der Waals surface area contributed by atoms with Crippen molar-refractivity contribution >= 4 is 6.29 Å². The van der Waals surface area contributed by atoms with Gasteiger partial charge in [-0.1, -0.05) is 12.5 Å². The Morgan fingerprint density at radius 1 is 1.78 bits per heavy atom. The van der Waals surface area contributed by atoms with E-state index in [0.29, 0.717) is 0 Å². The highest BCUT2D eigenvalue weighted by molar-refractivity contribution is 5.53. The Bertz CT molecular complexity index is 105. The van der Waals surface area contributed by atoms with Crippen molar-refractivity contribution in [3.8, 4) is 0 Å². The van der Waals surface area contributed by atoms with E-state index in [1.54, 1.807) is 0 Å². The maximum Gasteiger partial charge on any atom is 0.123 e. The molecule has 0 aromatic heterocycles. The lowest BCUT2D eigenvalue weighted by Crippen LogP contribution is -1.99. The van der Waals surface area contributed by atoms with Crippen molar-refractivity contribution in [1.29, 1.82) is 0 Å². The summed E-state index contributed by atoms with van der Waals surface area (Å²) in [7, 11) is 0. The van der Waals surface area contributed by atoms with Crippen LogP contribution in [0.1, 0.15) is 26.7 Å². The molecule has 0 radical (unpaired) electrons. The minimum absolute atomic E-state index is 0.197. The quantitative estimate of drug-likeness (QED) is 0.417. The van der Waals surface area contributed by atoms with Crippen LogP contribution >= 0.6 is 0 Å². The third kappa shape index (κ3) is 3.95. The van der Waals surface area contributed by atoms with E-state index in [2.05, 4.69) is 6.58 Å². The van der Waals surface area contributed by atoms with Crippen LogP contribution in [-0.4, -0.2) is 6.29 Å². The number of rotatable bonds is 4. The zero-order valence-corrected chi connectivity index (χ0v) is 6.18. The van der Waals surface area contributed by atoms with Crippen LogP contribution in [0.5, 0.6) is 0 Å². The van der Waals surface area contributed by atoms with E-state index in [1.165, 1.54) is 0 Å². The van der Waals surface area contributed by atoms with Crippen LogP contribution in [0, 0.1) is 5.92 Å². The first-order chi connectivity index (χ1) is 4.20. The zero-order chi connectivity index (χ0) is 7.28. The molecule has 0 aromatic carbocycles. The van der Waals surface area contributed by atoms with Crippen molar-refractivity contribution < 1.29 is 4.79 Å². The third-order valence-corrected chi connectivity index (χ3v) is 1.33. The second-order valence-corrected chi connectivity index (χ2v) is 2.47. The molecule has 52 valence electrons. The Morgan fingerprint density at radius 2 is 2.33 bits per heavy atom. The number of carbonyl (C=O) groups excluding carboxylic acids is 1. The predicted molar refractivity (Wildman–Crippen MR) is 39.3 cm³/mol. The summed E-state index contributed by atoms with van der Waals surface area (Å²) in [5, 5.41) is 0. The SMILES string of the molecule is C=C(C)CC(C=O)CC. The fourth-order valence-electron chi connectivity index (χ4n) is 0.736. The molecule has 0 fully saturated rings. The third-order valence-electron chi connectivity index (χ3n) is 1.33.